The molecule has 31 heavy (non-hydrogen) atoms. The molecule has 4 rings (SSSR count). The number of aromatic nitrogens is 3. The minimum Gasteiger partial charge on any atom is -0.388 e. The molecule has 3 heterocycles. The fourth-order valence-electron chi connectivity index (χ4n) is 4.31. The maximum Gasteiger partial charge on any atom is 0.225 e. The first-order chi connectivity index (χ1) is 15.1. The van der Waals surface area contributed by atoms with E-state index in [1.54, 1.807) is 0 Å². The molecule has 0 atom stereocenters. The second-order valence-electron chi connectivity index (χ2n) is 8.59. The third kappa shape index (κ3) is 4.78. The van der Waals surface area contributed by atoms with Crippen LogP contribution in [0, 0.1) is 5.92 Å². The first-order valence-corrected chi connectivity index (χ1v) is 11.1. The van der Waals surface area contributed by atoms with Crippen LogP contribution in [0.2, 0.25) is 0 Å². The topological polar surface area (TPSA) is 83.3 Å². The number of carbonyl (C=O) groups is 1. The predicted molar refractivity (Wildman–Crippen MR) is 122 cm³/mol. The number of rotatable bonds is 8. The number of ketones is 1. The van der Waals surface area contributed by atoms with Gasteiger partial charge >= 0.3 is 0 Å². The van der Waals surface area contributed by atoms with E-state index in [1.807, 2.05) is 0 Å². The van der Waals surface area contributed by atoms with Crippen molar-refractivity contribution in [3.63, 3.8) is 0 Å². The molecular formula is C24H31N5O2. The molecule has 0 radical (unpaired) electrons. The number of nitrogens with one attached hydrogen (secondary N) is 1. The van der Waals surface area contributed by atoms with Crippen LogP contribution in [-0.4, -0.2) is 51.7 Å². The van der Waals surface area contributed by atoms with E-state index >= 15 is 0 Å². The minimum atomic E-state index is -0.515. The van der Waals surface area contributed by atoms with E-state index in [-0.39, 0.29) is 5.78 Å². The highest BCUT2D eigenvalue weighted by Gasteiger charge is 2.21. The summed E-state index contributed by atoms with van der Waals surface area (Å²) < 4.78 is 2.35. The van der Waals surface area contributed by atoms with E-state index in [0.29, 0.717) is 23.5 Å². The molecule has 1 aliphatic heterocycles. The number of aliphatic hydroxyl groups is 1. The van der Waals surface area contributed by atoms with Crippen LogP contribution in [0.5, 0.6) is 0 Å². The molecule has 1 aromatic carbocycles. The number of benzene rings is 1. The molecule has 0 bridgehead atoms. The third-order valence-corrected chi connectivity index (χ3v) is 6.13. The summed E-state index contributed by atoms with van der Waals surface area (Å²) in [4.78, 5) is 22.3. The highest BCUT2D eigenvalue weighted by Crippen LogP contribution is 2.25. The number of para-hydroxylation sites is 1. The summed E-state index contributed by atoms with van der Waals surface area (Å²) in [5.41, 5.74) is 3.01. The second-order valence-corrected chi connectivity index (χ2v) is 8.59. The normalized spacial score (nSPS) is 15.2. The molecule has 2 aromatic heterocycles. The molecule has 1 saturated heterocycles. The van der Waals surface area contributed by atoms with Gasteiger partial charge in [0.15, 0.2) is 5.78 Å². The first-order valence-electron chi connectivity index (χ1n) is 11.1. The van der Waals surface area contributed by atoms with E-state index in [0.717, 1.165) is 39.0 Å². The van der Waals surface area contributed by atoms with Crippen molar-refractivity contribution in [3.05, 3.63) is 54.0 Å². The van der Waals surface area contributed by atoms with Crippen LogP contribution in [0.25, 0.3) is 10.9 Å². The molecule has 0 unspecified atom stereocenters. The van der Waals surface area contributed by atoms with E-state index in [4.69, 9.17) is 5.11 Å². The molecular weight excluding hydrogens is 390 g/mol. The number of fused-ring (bicyclic) bond motifs is 1. The quantitative estimate of drug-likeness (QED) is 0.544. The largest absolute Gasteiger partial charge is 0.388 e. The molecule has 1 aliphatic rings. The van der Waals surface area contributed by atoms with Crippen LogP contribution >= 0.6 is 0 Å². The zero-order valence-electron chi connectivity index (χ0n) is 18.3. The van der Waals surface area contributed by atoms with Gasteiger partial charge in [-0.15, -0.1) is 0 Å². The predicted octanol–water partition coefficient (Wildman–Crippen LogP) is 3.19. The van der Waals surface area contributed by atoms with Gasteiger partial charge in [0.05, 0.1) is 5.56 Å². The van der Waals surface area contributed by atoms with Crippen molar-refractivity contribution in [1.29, 1.82) is 0 Å². The number of Topliss-reactive ketones (excluding diaryl/α,β-unsaturated/α-hetero) is 1. The lowest BCUT2D eigenvalue weighted by molar-refractivity contribution is 0.0903. The average molecular weight is 422 g/mol. The summed E-state index contributed by atoms with van der Waals surface area (Å²) in [6.45, 7) is 7.62. The molecule has 3 aromatic rings. The monoisotopic (exact) mass is 421 g/mol. The van der Waals surface area contributed by atoms with Crippen LogP contribution in [0.3, 0.4) is 0 Å². The summed E-state index contributed by atoms with van der Waals surface area (Å²) in [5.74, 6) is 0.931. The smallest absolute Gasteiger partial charge is 0.225 e. The van der Waals surface area contributed by atoms with Crippen molar-refractivity contribution in [3.8, 4) is 0 Å². The molecule has 0 spiro atoms. The van der Waals surface area contributed by atoms with Crippen molar-refractivity contribution in [2.24, 2.45) is 5.92 Å². The van der Waals surface area contributed by atoms with Crippen LogP contribution < -0.4 is 10.2 Å². The molecule has 164 valence electrons. The van der Waals surface area contributed by atoms with Gasteiger partial charge in [0.1, 0.15) is 6.61 Å². The fourth-order valence-corrected chi connectivity index (χ4v) is 4.31. The zero-order valence-corrected chi connectivity index (χ0v) is 18.3. The second kappa shape index (κ2) is 9.58. The van der Waals surface area contributed by atoms with E-state index < -0.39 is 6.61 Å². The SMILES string of the molecule is CC(C)n1cc(CNCC2CCN(c3ncc(C(=O)CO)cn3)CC2)c2ccccc21. The number of hydrogen-bond acceptors (Lipinski definition) is 6. The molecule has 7 nitrogen and oxygen atoms in total. The summed E-state index contributed by atoms with van der Waals surface area (Å²) in [5, 5.41) is 13.9. The van der Waals surface area contributed by atoms with Gasteiger partial charge in [-0.3, -0.25) is 4.79 Å². The first kappa shape index (κ1) is 21.5. The van der Waals surface area contributed by atoms with Crippen molar-refractivity contribution >= 4 is 22.6 Å². The number of piperidine rings is 1. The van der Waals surface area contributed by atoms with Crippen molar-refractivity contribution < 1.29 is 9.90 Å². The lowest BCUT2D eigenvalue weighted by Gasteiger charge is -2.32. The van der Waals surface area contributed by atoms with E-state index in [9.17, 15) is 4.79 Å². The van der Waals surface area contributed by atoms with Crippen LogP contribution in [0.4, 0.5) is 5.95 Å². The van der Waals surface area contributed by atoms with Gasteiger partial charge in [-0.1, -0.05) is 18.2 Å². The molecule has 1 fully saturated rings. The Morgan fingerprint density at radius 1 is 1.19 bits per heavy atom. The van der Waals surface area contributed by atoms with Crippen molar-refractivity contribution in [1.82, 2.24) is 19.9 Å². The number of anilines is 1. The molecule has 0 aliphatic carbocycles. The standard InChI is InChI=1S/C24H31N5O2/c1-17(2)29-15-20(21-5-3-4-6-22(21)29)12-25-11-18-7-9-28(10-8-18)24-26-13-19(14-27-24)23(31)16-30/h3-6,13-15,17-18,25,30H,7-12,16H2,1-2H3. The van der Waals surface area contributed by atoms with Gasteiger partial charge in [0.2, 0.25) is 5.95 Å². The van der Waals surface area contributed by atoms with Crippen molar-refractivity contribution in [2.45, 2.75) is 39.3 Å². The molecule has 0 amide bonds. The van der Waals surface area contributed by atoms with Crippen LogP contribution in [-0.2, 0) is 6.54 Å². The van der Waals surface area contributed by atoms with E-state index in [1.165, 1.54) is 28.9 Å². The summed E-state index contributed by atoms with van der Waals surface area (Å²) in [6, 6.07) is 9.07. The van der Waals surface area contributed by atoms with Crippen molar-refractivity contribution in [2.75, 3.05) is 31.1 Å². The van der Waals surface area contributed by atoms with Gasteiger partial charge in [-0.2, -0.15) is 0 Å². The Morgan fingerprint density at radius 3 is 2.58 bits per heavy atom. The van der Waals surface area contributed by atoms with Crippen LogP contribution in [0.15, 0.2) is 42.9 Å². The Morgan fingerprint density at radius 2 is 1.90 bits per heavy atom. The molecule has 7 heteroatoms. The summed E-state index contributed by atoms with van der Waals surface area (Å²) in [6.07, 6.45) is 7.46. The Bertz CT molecular complexity index is 1020. The van der Waals surface area contributed by atoms with Gasteiger partial charge in [-0.25, -0.2) is 9.97 Å². The average Bonchev–Trinajstić information content (AvgIpc) is 3.18. The highest BCUT2D eigenvalue weighted by molar-refractivity contribution is 5.96. The highest BCUT2D eigenvalue weighted by atomic mass is 16.3. The van der Waals surface area contributed by atoms with Gasteiger partial charge in [0, 0.05) is 55.2 Å². The van der Waals surface area contributed by atoms with Gasteiger partial charge in [0.25, 0.3) is 0 Å². The number of hydrogen-bond donors (Lipinski definition) is 2. The number of nitrogens with zero attached hydrogens (tertiary/aromatic N) is 4. The summed E-state index contributed by atoms with van der Waals surface area (Å²) in [7, 11) is 0. The number of aliphatic hydroxyl groups excluding tert-OH is 1. The lowest BCUT2D eigenvalue weighted by atomic mass is 9.97. The van der Waals surface area contributed by atoms with Gasteiger partial charge < -0.3 is 19.9 Å². The van der Waals surface area contributed by atoms with Crippen LogP contribution in [0.1, 0.15) is 48.7 Å². The Balaban J connectivity index is 1.28. The third-order valence-electron chi connectivity index (χ3n) is 6.13. The zero-order chi connectivity index (χ0) is 21.8. The Hall–Kier alpha value is -2.77. The Labute approximate surface area is 183 Å². The number of carbonyl (C=O) groups excluding carboxylic acids is 1. The maximum absolute atomic E-state index is 11.5. The molecule has 2 N–H and O–H groups in total. The molecule has 0 saturated carbocycles. The summed E-state index contributed by atoms with van der Waals surface area (Å²) >= 11 is 0. The van der Waals surface area contributed by atoms with E-state index in [2.05, 4.69) is 69.1 Å². The Kier molecular flexibility index (Phi) is 6.63. The minimum absolute atomic E-state index is 0.351. The maximum atomic E-state index is 11.5. The fraction of sp³-hybridized carbons (Fsp3) is 0.458. The lowest BCUT2D eigenvalue weighted by Crippen LogP contribution is -2.38. The van der Waals surface area contributed by atoms with Gasteiger partial charge in [-0.05, 0) is 50.8 Å².